The van der Waals surface area contributed by atoms with E-state index in [1.165, 1.54) is 25.1 Å². The molecular formula is C11H8Cl3NO3. The van der Waals surface area contributed by atoms with Crippen molar-refractivity contribution in [2.45, 2.75) is 12.5 Å². The number of imide groups is 1. The molecule has 1 fully saturated rings. The van der Waals surface area contributed by atoms with Crippen LogP contribution < -0.4 is 4.90 Å². The first-order valence-corrected chi connectivity index (χ1v) is 6.26. The number of ether oxygens (including phenoxy) is 1. The molecule has 1 aromatic rings. The quantitative estimate of drug-likeness (QED) is 0.786. The van der Waals surface area contributed by atoms with Crippen molar-refractivity contribution in [2.24, 2.45) is 0 Å². The van der Waals surface area contributed by atoms with Crippen molar-refractivity contribution >= 4 is 52.5 Å². The Bertz CT molecular complexity index is 514. The number of amides is 2. The van der Waals surface area contributed by atoms with E-state index in [-0.39, 0.29) is 11.6 Å². The zero-order valence-corrected chi connectivity index (χ0v) is 11.5. The van der Waals surface area contributed by atoms with Gasteiger partial charge in [-0.05, 0) is 25.1 Å². The first-order chi connectivity index (χ1) is 8.37. The van der Waals surface area contributed by atoms with Crippen LogP contribution in [0.3, 0.4) is 0 Å². The van der Waals surface area contributed by atoms with Crippen LogP contribution in [0, 0.1) is 0 Å². The van der Waals surface area contributed by atoms with E-state index in [1.54, 1.807) is 0 Å². The minimum absolute atomic E-state index is 0.123. The van der Waals surface area contributed by atoms with Crippen molar-refractivity contribution in [3.63, 3.8) is 0 Å². The SMILES string of the molecule is CC1(CCl)OC(=O)N(c2cc(Cl)cc(Cl)c2)C1=O. The summed E-state index contributed by atoms with van der Waals surface area (Å²) in [7, 11) is 0. The second-order valence-electron chi connectivity index (χ2n) is 4.00. The van der Waals surface area contributed by atoms with Gasteiger partial charge in [-0.25, -0.2) is 9.69 Å². The molecule has 1 unspecified atom stereocenters. The molecule has 2 amide bonds. The fraction of sp³-hybridized carbons (Fsp3) is 0.273. The number of alkyl halides is 1. The smallest absolute Gasteiger partial charge is 0.422 e. The lowest BCUT2D eigenvalue weighted by molar-refractivity contribution is -0.127. The molecule has 1 heterocycles. The van der Waals surface area contributed by atoms with Gasteiger partial charge in [0.25, 0.3) is 5.91 Å². The number of carbonyl (C=O) groups is 2. The fourth-order valence-electron chi connectivity index (χ4n) is 1.58. The van der Waals surface area contributed by atoms with Crippen molar-refractivity contribution in [1.29, 1.82) is 0 Å². The topological polar surface area (TPSA) is 46.6 Å². The molecule has 2 rings (SSSR count). The summed E-state index contributed by atoms with van der Waals surface area (Å²) >= 11 is 17.3. The zero-order chi connectivity index (χ0) is 13.5. The van der Waals surface area contributed by atoms with Crippen LogP contribution in [0.25, 0.3) is 0 Å². The number of carbonyl (C=O) groups excluding carboxylic acids is 2. The van der Waals surface area contributed by atoms with Crippen LogP contribution in [0.1, 0.15) is 6.92 Å². The molecule has 7 heteroatoms. The lowest BCUT2D eigenvalue weighted by Crippen LogP contribution is -2.40. The van der Waals surface area contributed by atoms with E-state index in [0.29, 0.717) is 10.0 Å². The molecule has 4 nitrogen and oxygen atoms in total. The van der Waals surface area contributed by atoms with E-state index in [0.717, 1.165) is 4.90 Å². The van der Waals surface area contributed by atoms with Gasteiger partial charge in [0.1, 0.15) is 0 Å². The standard InChI is InChI=1S/C11H8Cl3NO3/c1-11(5-12)9(16)15(10(17)18-11)8-3-6(13)2-7(14)4-8/h2-4H,5H2,1H3. The summed E-state index contributed by atoms with van der Waals surface area (Å²) in [5.74, 6) is -0.664. The van der Waals surface area contributed by atoms with Crippen molar-refractivity contribution in [3.8, 4) is 0 Å². The molecular weight excluding hydrogens is 300 g/mol. The Morgan fingerprint density at radius 3 is 2.22 bits per heavy atom. The Kier molecular flexibility index (Phi) is 3.45. The Hall–Kier alpha value is -0.970. The van der Waals surface area contributed by atoms with Crippen LogP contribution in [0.5, 0.6) is 0 Å². The number of rotatable bonds is 2. The number of cyclic esters (lactones) is 1. The molecule has 1 saturated heterocycles. The summed E-state index contributed by atoms with van der Waals surface area (Å²) in [4.78, 5) is 24.7. The maximum absolute atomic E-state index is 12.1. The van der Waals surface area contributed by atoms with Crippen molar-refractivity contribution in [3.05, 3.63) is 28.2 Å². The Morgan fingerprint density at radius 1 is 1.22 bits per heavy atom. The monoisotopic (exact) mass is 307 g/mol. The normalized spacial score (nSPS) is 23.4. The molecule has 96 valence electrons. The number of hydrogen-bond donors (Lipinski definition) is 0. The van der Waals surface area contributed by atoms with E-state index in [2.05, 4.69) is 0 Å². The van der Waals surface area contributed by atoms with Gasteiger partial charge in [0, 0.05) is 10.0 Å². The van der Waals surface area contributed by atoms with Gasteiger partial charge in [-0.1, -0.05) is 23.2 Å². The highest BCUT2D eigenvalue weighted by Crippen LogP contribution is 2.33. The average Bonchev–Trinajstić information content (AvgIpc) is 2.49. The van der Waals surface area contributed by atoms with E-state index < -0.39 is 17.6 Å². The predicted octanol–water partition coefficient (Wildman–Crippen LogP) is 3.47. The van der Waals surface area contributed by atoms with Crippen molar-refractivity contribution in [1.82, 2.24) is 0 Å². The number of nitrogens with zero attached hydrogens (tertiary/aromatic N) is 1. The van der Waals surface area contributed by atoms with Crippen LogP contribution in [0.15, 0.2) is 18.2 Å². The zero-order valence-electron chi connectivity index (χ0n) is 9.25. The first kappa shape index (κ1) is 13.5. The van der Waals surface area contributed by atoms with Crippen LogP contribution in [0.4, 0.5) is 10.5 Å². The molecule has 1 atom stereocenters. The molecule has 1 aliphatic rings. The lowest BCUT2D eigenvalue weighted by atomic mass is 10.1. The van der Waals surface area contributed by atoms with Crippen molar-refractivity contribution in [2.75, 3.05) is 10.8 Å². The van der Waals surface area contributed by atoms with Gasteiger partial charge in [0.2, 0.25) is 5.60 Å². The summed E-state index contributed by atoms with van der Waals surface area (Å²) in [6, 6.07) is 4.40. The second-order valence-corrected chi connectivity index (χ2v) is 5.14. The Morgan fingerprint density at radius 2 is 1.78 bits per heavy atom. The van der Waals surface area contributed by atoms with Crippen LogP contribution >= 0.6 is 34.8 Å². The lowest BCUT2D eigenvalue weighted by Gasteiger charge is -2.16. The summed E-state index contributed by atoms with van der Waals surface area (Å²) < 4.78 is 4.98. The summed E-state index contributed by atoms with van der Waals surface area (Å²) in [5.41, 5.74) is -1.09. The first-order valence-electron chi connectivity index (χ1n) is 4.97. The minimum Gasteiger partial charge on any atom is -0.431 e. The maximum atomic E-state index is 12.1. The van der Waals surface area contributed by atoms with Crippen molar-refractivity contribution < 1.29 is 14.3 Å². The molecule has 0 aromatic heterocycles. The number of hydrogen-bond acceptors (Lipinski definition) is 3. The largest absolute Gasteiger partial charge is 0.431 e. The highest BCUT2D eigenvalue weighted by molar-refractivity contribution is 6.35. The summed E-state index contributed by atoms with van der Waals surface area (Å²) in [5, 5.41) is 0.634. The van der Waals surface area contributed by atoms with Gasteiger partial charge >= 0.3 is 6.09 Å². The molecule has 0 spiro atoms. The average molecular weight is 309 g/mol. The molecule has 18 heavy (non-hydrogen) atoms. The van der Waals surface area contributed by atoms with Gasteiger partial charge in [-0.3, -0.25) is 4.79 Å². The van der Waals surface area contributed by atoms with E-state index in [9.17, 15) is 9.59 Å². The number of anilines is 1. The molecule has 1 aromatic carbocycles. The van der Waals surface area contributed by atoms with E-state index >= 15 is 0 Å². The second kappa shape index (κ2) is 4.61. The Labute approximate surface area is 118 Å². The fourth-order valence-corrected chi connectivity index (χ4v) is 2.26. The summed E-state index contributed by atoms with van der Waals surface area (Å²) in [6.07, 6.45) is -0.790. The summed E-state index contributed by atoms with van der Waals surface area (Å²) in [6.45, 7) is 1.45. The predicted molar refractivity (Wildman–Crippen MR) is 69.6 cm³/mol. The molecule has 0 bridgehead atoms. The number of benzene rings is 1. The van der Waals surface area contributed by atoms with E-state index in [1.807, 2.05) is 0 Å². The van der Waals surface area contributed by atoms with Gasteiger partial charge in [-0.2, -0.15) is 0 Å². The Balaban J connectivity index is 2.45. The van der Waals surface area contributed by atoms with Gasteiger partial charge in [0.05, 0.1) is 11.6 Å². The van der Waals surface area contributed by atoms with Crippen LogP contribution in [0.2, 0.25) is 10.0 Å². The molecule has 0 radical (unpaired) electrons. The third-order valence-corrected chi connectivity index (χ3v) is 3.46. The van der Waals surface area contributed by atoms with Gasteiger partial charge in [-0.15, -0.1) is 11.6 Å². The molecule has 0 N–H and O–H groups in total. The third-order valence-electron chi connectivity index (χ3n) is 2.51. The molecule has 0 aliphatic carbocycles. The molecule has 0 saturated carbocycles. The highest BCUT2D eigenvalue weighted by Gasteiger charge is 2.50. The van der Waals surface area contributed by atoms with Crippen LogP contribution in [-0.2, 0) is 9.53 Å². The number of halogens is 3. The maximum Gasteiger partial charge on any atom is 0.422 e. The molecule has 1 aliphatic heterocycles. The van der Waals surface area contributed by atoms with E-state index in [4.69, 9.17) is 39.5 Å². The third kappa shape index (κ3) is 2.16. The van der Waals surface area contributed by atoms with Gasteiger partial charge in [0.15, 0.2) is 0 Å². The van der Waals surface area contributed by atoms with Crippen LogP contribution in [-0.4, -0.2) is 23.5 Å². The highest BCUT2D eigenvalue weighted by atomic mass is 35.5. The van der Waals surface area contributed by atoms with Gasteiger partial charge < -0.3 is 4.74 Å². The minimum atomic E-state index is -1.35.